The minimum Gasteiger partial charge on any atom is -0.290 e. The molecule has 0 saturated carbocycles. The van der Waals surface area contributed by atoms with Crippen LogP contribution in [0, 0.1) is 0 Å². The van der Waals surface area contributed by atoms with E-state index in [9.17, 15) is 0 Å². The van der Waals surface area contributed by atoms with Crippen LogP contribution in [0.25, 0.3) is 0 Å². The van der Waals surface area contributed by atoms with E-state index in [0.29, 0.717) is 0 Å². The number of benzene rings is 1. The second-order valence-electron chi connectivity index (χ2n) is 1.98. The van der Waals surface area contributed by atoms with E-state index in [4.69, 9.17) is 5.21 Å². The van der Waals surface area contributed by atoms with E-state index >= 15 is 0 Å². The van der Waals surface area contributed by atoms with Crippen LogP contribution in [0.5, 0.6) is 0 Å². The van der Waals surface area contributed by atoms with E-state index in [1.807, 2.05) is 23.7 Å². The highest BCUT2D eigenvalue weighted by Crippen LogP contribution is 2.27. The maximum atomic E-state index is 8.25. The second kappa shape index (κ2) is 4.59. The molecule has 12 heavy (non-hydrogen) atoms. The van der Waals surface area contributed by atoms with E-state index in [2.05, 4.69) is 36.9 Å². The molecule has 0 spiro atoms. The topological polar surface area (TPSA) is 44.6 Å². The highest BCUT2D eigenvalue weighted by Gasteiger charge is 1.96. The van der Waals surface area contributed by atoms with Crippen LogP contribution < -0.4 is 5.48 Å². The molecule has 5 heteroatoms. The number of halogens is 2. The quantitative estimate of drug-likeness (QED) is 0.500. The van der Waals surface area contributed by atoms with Crippen molar-refractivity contribution < 1.29 is 5.21 Å². The number of hydrogen-bond donors (Lipinski definition) is 2. The Kier molecular flexibility index (Phi) is 3.71. The third-order valence-corrected chi connectivity index (χ3v) is 2.30. The van der Waals surface area contributed by atoms with Gasteiger partial charge in [-0.3, -0.25) is 10.7 Å². The summed E-state index contributed by atoms with van der Waals surface area (Å²) >= 11 is 6.64. The van der Waals surface area contributed by atoms with E-state index in [-0.39, 0.29) is 0 Å². The predicted octanol–water partition coefficient (Wildman–Crippen LogP) is 2.85. The van der Waals surface area contributed by atoms with Gasteiger partial charge < -0.3 is 0 Å². The summed E-state index contributed by atoms with van der Waals surface area (Å²) < 4.78 is 1.84. The van der Waals surface area contributed by atoms with Crippen LogP contribution in [-0.4, -0.2) is 11.5 Å². The molecule has 1 aromatic rings. The first-order chi connectivity index (χ1) is 5.74. The lowest BCUT2D eigenvalue weighted by molar-refractivity contribution is 0.240. The van der Waals surface area contributed by atoms with Gasteiger partial charge in [-0.05, 0) is 34.1 Å². The zero-order chi connectivity index (χ0) is 8.97. The lowest BCUT2D eigenvalue weighted by Gasteiger charge is -1.97. The van der Waals surface area contributed by atoms with Gasteiger partial charge in [-0.15, -0.1) is 0 Å². The summed E-state index contributed by atoms with van der Waals surface area (Å²) in [7, 11) is 0. The molecule has 0 bridgehead atoms. The van der Waals surface area contributed by atoms with Gasteiger partial charge >= 0.3 is 0 Å². The van der Waals surface area contributed by atoms with Gasteiger partial charge in [0, 0.05) is 8.95 Å². The van der Waals surface area contributed by atoms with Gasteiger partial charge in [0.25, 0.3) is 0 Å². The minimum absolute atomic E-state index is 0.750. The molecule has 0 aliphatic heterocycles. The first-order valence-electron chi connectivity index (χ1n) is 3.11. The van der Waals surface area contributed by atoms with Crippen molar-refractivity contribution in [1.29, 1.82) is 0 Å². The molecule has 0 saturated heterocycles. The van der Waals surface area contributed by atoms with Crippen LogP contribution in [0.1, 0.15) is 0 Å². The summed E-state index contributed by atoms with van der Waals surface area (Å²) in [5, 5.41) is 8.25. The van der Waals surface area contributed by atoms with Crippen LogP contribution in [0.2, 0.25) is 0 Å². The Hall–Kier alpha value is -0.390. The van der Waals surface area contributed by atoms with Crippen molar-refractivity contribution >= 4 is 43.9 Å². The Labute approximate surface area is 86.7 Å². The molecule has 0 atom stereocenters. The van der Waals surface area contributed by atoms with Crippen molar-refractivity contribution in [1.82, 2.24) is 5.48 Å². The molecule has 0 aliphatic carbocycles. The van der Waals surface area contributed by atoms with Gasteiger partial charge in [0.1, 0.15) is 6.34 Å². The minimum atomic E-state index is 0.750. The number of hydrogen-bond acceptors (Lipinski definition) is 2. The Morgan fingerprint density at radius 2 is 2.17 bits per heavy atom. The Balaban J connectivity index is 2.94. The third-order valence-electron chi connectivity index (χ3n) is 1.17. The standard InChI is InChI=1S/C7H6Br2N2O/c8-5-1-2-7(6(9)3-5)10-4-11-12/h1-4,12H,(H,10,11). The average Bonchev–Trinajstić information content (AvgIpc) is 2.03. The van der Waals surface area contributed by atoms with E-state index in [0.717, 1.165) is 14.6 Å². The molecule has 2 N–H and O–H groups in total. The molecular formula is C7H6Br2N2O. The van der Waals surface area contributed by atoms with Crippen LogP contribution >= 0.6 is 31.9 Å². The molecule has 1 rings (SSSR count). The second-order valence-corrected chi connectivity index (χ2v) is 3.75. The molecule has 0 unspecified atom stereocenters. The van der Waals surface area contributed by atoms with Gasteiger partial charge in [-0.25, -0.2) is 4.99 Å². The number of aliphatic imine (C=N–C) groups is 1. The highest BCUT2D eigenvalue weighted by molar-refractivity contribution is 9.11. The van der Waals surface area contributed by atoms with Crippen LogP contribution in [0.3, 0.4) is 0 Å². The summed E-state index contributed by atoms with van der Waals surface area (Å²) in [5.74, 6) is 0. The molecule has 0 heterocycles. The van der Waals surface area contributed by atoms with Gasteiger partial charge in [-0.1, -0.05) is 15.9 Å². The number of nitrogens with one attached hydrogen (secondary N) is 1. The fraction of sp³-hybridized carbons (Fsp3) is 0. The molecule has 0 aromatic heterocycles. The van der Waals surface area contributed by atoms with Gasteiger partial charge in [0.2, 0.25) is 0 Å². The fourth-order valence-corrected chi connectivity index (χ4v) is 1.83. The van der Waals surface area contributed by atoms with Crippen molar-refractivity contribution in [2.75, 3.05) is 0 Å². The van der Waals surface area contributed by atoms with Crippen LogP contribution in [-0.2, 0) is 0 Å². The number of nitrogens with zero attached hydrogens (tertiary/aromatic N) is 1. The predicted molar refractivity (Wildman–Crippen MR) is 54.9 cm³/mol. The first-order valence-corrected chi connectivity index (χ1v) is 4.70. The van der Waals surface area contributed by atoms with Crippen molar-refractivity contribution in [3.63, 3.8) is 0 Å². The average molecular weight is 294 g/mol. The first kappa shape index (κ1) is 9.70. The molecule has 3 nitrogen and oxygen atoms in total. The van der Waals surface area contributed by atoms with Gasteiger partial charge in [-0.2, -0.15) is 0 Å². The SMILES string of the molecule is ONC=Nc1ccc(Br)cc1Br. The molecule has 64 valence electrons. The molecule has 0 aliphatic rings. The fourth-order valence-electron chi connectivity index (χ4n) is 0.684. The molecular weight excluding hydrogens is 288 g/mol. The van der Waals surface area contributed by atoms with E-state index in [1.54, 1.807) is 0 Å². The summed E-state index contributed by atoms with van der Waals surface area (Å²) in [5.41, 5.74) is 2.58. The van der Waals surface area contributed by atoms with Crippen molar-refractivity contribution in [2.45, 2.75) is 0 Å². The highest BCUT2D eigenvalue weighted by atomic mass is 79.9. The van der Waals surface area contributed by atoms with Crippen LogP contribution in [0.15, 0.2) is 32.1 Å². The summed E-state index contributed by atoms with van der Waals surface area (Å²) in [6.07, 6.45) is 1.20. The van der Waals surface area contributed by atoms with Crippen molar-refractivity contribution in [2.24, 2.45) is 4.99 Å². The molecule has 0 amide bonds. The largest absolute Gasteiger partial charge is 0.290 e. The van der Waals surface area contributed by atoms with E-state index < -0.39 is 0 Å². The zero-order valence-corrected chi connectivity index (χ0v) is 9.13. The van der Waals surface area contributed by atoms with Crippen LogP contribution in [0.4, 0.5) is 5.69 Å². The van der Waals surface area contributed by atoms with Gasteiger partial charge in [0.15, 0.2) is 0 Å². The van der Waals surface area contributed by atoms with Crippen molar-refractivity contribution in [3.8, 4) is 0 Å². The normalized spacial score (nSPS) is 10.6. The number of hydroxylamine groups is 1. The van der Waals surface area contributed by atoms with E-state index in [1.165, 1.54) is 6.34 Å². The number of rotatable bonds is 2. The summed E-state index contributed by atoms with van der Waals surface area (Å²) in [4.78, 5) is 3.91. The molecule has 0 radical (unpaired) electrons. The van der Waals surface area contributed by atoms with Crippen molar-refractivity contribution in [3.05, 3.63) is 27.1 Å². The zero-order valence-electron chi connectivity index (χ0n) is 5.96. The molecule has 1 aromatic carbocycles. The lowest BCUT2D eigenvalue weighted by atomic mass is 10.3. The maximum absolute atomic E-state index is 8.25. The Morgan fingerprint density at radius 3 is 2.75 bits per heavy atom. The smallest absolute Gasteiger partial charge is 0.113 e. The summed E-state index contributed by atoms with van der Waals surface area (Å²) in [6, 6.07) is 5.57. The maximum Gasteiger partial charge on any atom is 0.113 e. The Morgan fingerprint density at radius 1 is 1.42 bits per heavy atom. The lowest BCUT2D eigenvalue weighted by Crippen LogP contribution is -2.00. The molecule has 0 fully saturated rings. The summed E-state index contributed by atoms with van der Waals surface area (Å²) in [6.45, 7) is 0. The third kappa shape index (κ3) is 2.58. The monoisotopic (exact) mass is 292 g/mol. The Bertz CT molecular complexity index is 301. The van der Waals surface area contributed by atoms with Gasteiger partial charge in [0.05, 0.1) is 5.69 Å².